The molecule has 0 unspecified atom stereocenters. The molecule has 0 fully saturated rings. The smallest absolute Gasteiger partial charge is 0.214 e. The van der Waals surface area contributed by atoms with Gasteiger partial charge in [0.2, 0.25) is 12.2 Å². The molecule has 0 radical (unpaired) electrons. The van der Waals surface area contributed by atoms with Gasteiger partial charge in [0, 0.05) is 0 Å². The monoisotopic (exact) mass is 388 g/mol. The van der Waals surface area contributed by atoms with Crippen LogP contribution < -0.4 is 0 Å². The molecule has 0 atom stereocenters. The van der Waals surface area contributed by atoms with Gasteiger partial charge in [-0.2, -0.15) is 15.0 Å². The molecule has 6 nitrogen and oxygen atoms in total. The van der Waals surface area contributed by atoms with Gasteiger partial charge in [0.25, 0.3) is 0 Å². The van der Waals surface area contributed by atoms with Crippen molar-refractivity contribution in [1.29, 1.82) is 0 Å². The summed E-state index contributed by atoms with van der Waals surface area (Å²) in [6, 6.07) is 14.0. The predicted molar refractivity (Wildman–Crippen MR) is 114 cm³/mol. The van der Waals surface area contributed by atoms with Crippen LogP contribution >= 0.6 is 0 Å². The van der Waals surface area contributed by atoms with E-state index in [0.29, 0.717) is 11.4 Å². The maximum Gasteiger partial charge on any atom is 0.240 e. The number of carbonyl (C=O) groups excluding carboxylic acids is 2. The minimum absolute atomic E-state index is 0.530. The molecule has 29 heavy (non-hydrogen) atoms. The highest BCUT2D eigenvalue weighted by Crippen LogP contribution is 2.32. The van der Waals surface area contributed by atoms with Gasteiger partial charge < -0.3 is 0 Å². The Morgan fingerprint density at radius 2 is 1.45 bits per heavy atom. The molecule has 2 aromatic carbocycles. The summed E-state index contributed by atoms with van der Waals surface area (Å²) < 4.78 is 0. The van der Waals surface area contributed by atoms with Gasteiger partial charge in [0.1, 0.15) is 0 Å². The lowest BCUT2D eigenvalue weighted by atomic mass is 9.91. The molecule has 0 amide bonds. The molecule has 6 heteroatoms. The summed E-state index contributed by atoms with van der Waals surface area (Å²) in [6.07, 6.45) is 3.18. The van der Waals surface area contributed by atoms with E-state index in [4.69, 9.17) is 0 Å². The van der Waals surface area contributed by atoms with Crippen LogP contribution in [0.25, 0.3) is 0 Å². The van der Waals surface area contributed by atoms with Crippen molar-refractivity contribution in [3.05, 3.63) is 58.7 Å². The molecule has 0 spiro atoms. The fraction of sp³-hybridized carbons (Fsp3) is 0.348. The lowest BCUT2D eigenvalue weighted by Gasteiger charge is -2.21. The van der Waals surface area contributed by atoms with Crippen LogP contribution in [0.3, 0.4) is 0 Å². The second-order valence-corrected chi connectivity index (χ2v) is 7.85. The van der Waals surface area contributed by atoms with Crippen LogP contribution in [-0.2, 0) is 20.7 Å². The fourth-order valence-electron chi connectivity index (χ4n) is 2.94. The molecule has 0 bridgehead atoms. The number of rotatable bonds is 6. The fourth-order valence-corrected chi connectivity index (χ4v) is 2.94. The first-order valence-corrected chi connectivity index (χ1v) is 9.17. The molecule has 0 N–H and O–H groups in total. The van der Waals surface area contributed by atoms with Gasteiger partial charge in [0.05, 0.1) is 28.5 Å². The van der Waals surface area contributed by atoms with Crippen LogP contribution in [0.1, 0.15) is 49.9 Å². The summed E-state index contributed by atoms with van der Waals surface area (Å²) in [4.78, 5) is 37.7. The normalized spacial score (nSPS) is 11.0. The van der Waals surface area contributed by atoms with Crippen LogP contribution in [0.15, 0.2) is 56.4 Å². The summed E-state index contributed by atoms with van der Waals surface area (Å²) in [5, 5.41) is 0. The summed E-state index contributed by atoms with van der Waals surface area (Å²) in [6.45, 7) is 11.5. The Bertz CT molecular complexity index is 1080. The van der Waals surface area contributed by atoms with Crippen LogP contribution in [0, 0.1) is 13.8 Å². The molecule has 2 aromatic rings. The van der Waals surface area contributed by atoms with Gasteiger partial charge in [-0.3, -0.25) is 0 Å². The zero-order valence-electron chi connectivity index (χ0n) is 17.6. The number of hydrogen-bond donors (Lipinski definition) is 0. The maximum absolute atomic E-state index is 10.7. The number of isocyanates is 2. The third-order valence-electron chi connectivity index (χ3n) is 4.80. The van der Waals surface area contributed by atoms with E-state index in [9.17, 15) is 9.59 Å². The highest BCUT2D eigenvalue weighted by atomic mass is 16.1. The Morgan fingerprint density at radius 3 is 2.10 bits per heavy atom. The molecule has 2 rings (SSSR count). The van der Waals surface area contributed by atoms with Crippen LogP contribution in [0.4, 0.5) is 11.4 Å². The molecule has 0 aromatic heterocycles. The Labute approximate surface area is 170 Å². The van der Waals surface area contributed by atoms with E-state index >= 15 is 0 Å². The van der Waals surface area contributed by atoms with Crippen molar-refractivity contribution in [3.8, 4) is 0 Å². The minimum atomic E-state index is -0.688. The van der Waals surface area contributed by atoms with Crippen LogP contribution in [-0.4, -0.2) is 18.2 Å². The zero-order chi connectivity index (χ0) is 21.7. The third kappa shape index (κ3) is 5.31. The first kappa shape index (κ1) is 21.9. The Balaban J connectivity index is 2.44. The van der Waals surface area contributed by atoms with Gasteiger partial charge in [-0.05, 0) is 82.0 Å². The predicted octanol–water partition coefficient (Wildman–Crippen LogP) is 5.58. The summed E-state index contributed by atoms with van der Waals surface area (Å²) in [5.41, 5.74) is 3.68. The third-order valence-corrected chi connectivity index (χ3v) is 4.80. The first-order valence-electron chi connectivity index (χ1n) is 9.17. The quantitative estimate of drug-likeness (QED) is 0.478. The molecule has 0 saturated heterocycles. The zero-order valence-corrected chi connectivity index (χ0v) is 17.6. The highest BCUT2D eigenvalue weighted by Gasteiger charge is 2.22. The average Bonchev–Trinajstić information content (AvgIpc) is 2.64. The van der Waals surface area contributed by atoms with Crippen LogP contribution in [0.2, 0.25) is 0 Å². The molecule has 0 aliphatic rings. The van der Waals surface area contributed by atoms with Crippen molar-refractivity contribution in [2.75, 3.05) is 0 Å². The summed E-state index contributed by atoms with van der Waals surface area (Å²) >= 11 is 0. The number of hydrogen-bond acceptors (Lipinski definition) is 6. The van der Waals surface area contributed by atoms with E-state index in [2.05, 4.69) is 26.0 Å². The first-order chi connectivity index (χ1) is 13.6. The van der Waals surface area contributed by atoms with E-state index in [0.717, 1.165) is 22.3 Å². The summed E-state index contributed by atoms with van der Waals surface area (Å²) in [5.74, 6) is 0. The van der Waals surface area contributed by atoms with E-state index in [-0.39, 0.29) is 0 Å². The van der Waals surface area contributed by atoms with E-state index in [1.807, 2.05) is 71.9 Å². The van der Waals surface area contributed by atoms with Gasteiger partial charge in [0.15, 0.2) is 0 Å². The summed E-state index contributed by atoms with van der Waals surface area (Å²) in [7, 11) is 0. The average molecular weight is 388 g/mol. The molecule has 0 aliphatic heterocycles. The van der Waals surface area contributed by atoms with Gasteiger partial charge in [-0.25, -0.2) is 14.6 Å². The minimum Gasteiger partial charge on any atom is -0.214 e. The largest absolute Gasteiger partial charge is 0.240 e. The number of benzene rings is 2. The van der Waals surface area contributed by atoms with Gasteiger partial charge in [-0.15, -0.1) is 0 Å². The SMILES string of the molecule is Cc1ccc(C(C)(C)N=C=O)cc1N=C=NC(C)(C)c1cc(N=C=O)ccc1C. The lowest BCUT2D eigenvalue weighted by Crippen LogP contribution is -2.15. The Hall–Kier alpha value is -3.42. The second-order valence-electron chi connectivity index (χ2n) is 7.85. The highest BCUT2D eigenvalue weighted by molar-refractivity contribution is 5.59. The number of aryl methyl sites for hydroxylation is 2. The molecular formula is C23H24N4O2. The maximum atomic E-state index is 10.7. The molecule has 0 aliphatic carbocycles. The van der Waals surface area contributed by atoms with Crippen LogP contribution in [0.5, 0.6) is 0 Å². The Kier molecular flexibility index (Phi) is 6.58. The van der Waals surface area contributed by atoms with Crippen molar-refractivity contribution < 1.29 is 9.59 Å². The van der Waals surface area contributed by atoms with Crippen molar-refractivity contribution in [2.24, 2.45) is 20.0 Å². The van der Waals surface area contributed by atoms with E-state index < -0.39 is 11.1 Å². The standard InChI is InChI=1S/C23H24N4O2/c1-16-8-10-19(25-14-28)12-20(16)23(5,6)26-13-24-21-11-18(9-7-17(21)2)22(3,4)27-15-29/h7-12H,1-6H3. The molecule has 0 saturated carbocycles. The van der Waals surface area contributed by atoms with E-state index in [1.54, 1.807) is 18.2 Å². The molecule has 0 heterocycles. The number of aliphatic imine (C=N–C) groups is 4. The lowest BCUT2D eigenvalue weighted by molar-refractivity contribution is 0.523. The Morgan fingerprint density at radius 1 is 0.759 bits per heavy atom. The second kappa shape index (κ2) is 8.72. The molecule has 148 valence electrons. The number of nitrogens with zero attached hydrogens (tertiary/aromatic N) is 4. The van der Waals surface area contributed by atoms with Gasteiger partial charge >= 0.3 is 0 Å². The van der Waals surface area contributed by atoms with E-state index in [1.165, 1.54) is 0 Å². The van der Waals surface area contributed by atoms with Crippen molar-refractivity contribution in [1.82, 2.24) is 0 Å². The van der Waals surface area contributed by atoms with Crippen molar-refractivity contribution in [3.63, 3.8) is 0 Å². The van der Waals surface area contributed by atoms with Crippen molar-refractivity contribution in [2.45, 2.75) is 52.6 Å². The topological polar surface area (TPSA) is 83.6 Å². The molecular weight excluding hydrogens is 364 g/mol. The van der Waals surface area contributed by atoms with Crippen molar-refractivity contribution >= 4 is 29.5 Å². The van der Waals surface area contributed by atoms with Gasteiger partial charge in [-0.1, -0.05) is 18.2 Å².